The number of fused-ring (bicyclic) bond motifs is 1. The molecule has 2 aliphatic rings. The second-order valence-electron chi connectivity index (χ2n) is 16.6. The van der Waals surface area contributed by atoms with Gasteiger partial charge in [0.2, 0.25) is 11.8 Å². The Hall–Kier alpha value is -3.07. The molecule has 2 amide bonds. The number of ether oxygens (including phenoxy) is 1. The van der Waals surface area contributed by atoms with Crippen LogP contribution in [0.25, 0.3) is 11.2 Å². The molecular formula is C37H60N7O19P3S. The summed E-state index contributed by atoms with van der Waals surface area (Å²) in [5.41, 5.74) is 4.23. The number of carbonyl (C=O) groups excluding carboxylic acids is 4. The van der Waals surface area contributed by atoms with Crippen LogP contribution < -0.4 is 16.4 Å². The first-order chi connectivity index (χ1) is 31.3. The summed E-state index contributed by atoms with van der Waals surface area (Å²) < 4.78 is 62.4. The largest absolute Gasteiger partial charge is 0.481 e. The summed E-state index contributed by atoms with van der Waals surface area (Å²) in [7, 11) is -16.5. The summed E-state index contributed by atoms with van der Waals surface area (Å²) in [4.78, 5) is 101. The van der Waals surface area contributed by atoms with Crippen LogP contribution in [0.1, 0.15) is 84.8 Å². The zero-order valence-corrected chi connectivity index (χ0v) is 40.5. The maximum Gasteiger partial charge on any atom is 0.481 e. The molecule has 0 spiro atoms. The molecule has 1 aliphatic heterocycles. The maximum absolute atomic E-state index is 12.7. The van der Waals surface area contributed by atoms with Crippen molar-refractivity contribution in [2.75, 3.05) is 37.8 Å². The average molecular weight is 1030 g/mol. The molecule has 0 aromatic carbocycles. The van der Waals surface area contributed by atoms with Gasteiger partial charge in [-0.25, -0.2) is 28.6 Å². The number of phosphoric acid groups is 3. The molecule has 378 valence electrons. The lowest BCUT2D eigenvalue weighted by Gasteiger charge is -2.30. The molecule has 2 aromatic heterocycles. The van der Waals surface area contributed by atoms with E-state index in [-0.39, 0.29) is 71.4 Å². The number of carbonyl (C=O) groups is 4. The number of hydrogen-bond acceptors (Lipinski definition) is 20. The van der Waals surface area contributed by atoms with Gasteiger partial charge < -0.3 is 56.0 Å². The van der Waals surface area contributed by atoms with Crippen LogP contribution >= 0.6 is 35.2 Å². The number of phosphoric ester groups is 3. The fourth-order valence-corrected chi connectivity index (χ4v) is 10.9. The molecule has 2 aromatic rings. The number of aromatic nitrogens is 4. The van der Waals surface area contributed by atoms with E-state index < -0.39 is 90.7 Å². The van der Waals surface area contributed by atoms with Gasteiger partial charge in [0.25, 0.3) is 0 Å². The third-order valence-corrected chi connectivity index (χ3v) is 14.8. The number of amides is 2. The third-order valence-electron chi connectivity index (χ3n) is 10.8. The summed E-state index contributed by atoms with van der Waals surface area (Å²) >= 11 is 0.957. The molecular weight excluding hydrogens is 971 g/mol. The lowest BCUT2D eigenvalue weighted by Crippen LogP contribution is -2.46. The second kappa shape index (κ2) is 25.2. The van der Waals surface area contributed by atoms with Gasteiger partial charge >= 0.3 is 23.5 Å². The summed E-state index contributed by atoms with van der Waals surface area (Å²) in [5.74, 6) is -0.714. The quantitative estimate of drug-likeness (QED) is 0.0328. The van der Waals surface area contributed by atoms with E-state index in [1.807, 2.05) is 6.92 Å². The second-order valence-corrected chi connectivity index (χ2v) is 22.0. The molecule has 11 N–H and O–H groups in total. The van der Waals surface area contributed by atoms with Gasteiger partial charge in [-0.3, -0.25) is 37.3 Å². The first kappa shape index (κ1) is 56.5. The number of ketones is 1. The molecule has 2 fully saturated rings. The van der Waals surface area contributed by atoms with E-state index in [9.17, 15) is 67.8 Å². The maximum atomic E-state index is 12.7. The van der Waals surface area contributed by atoms with Gasteiger partial charge in [-0.15, -0.1) is 0 Å². The highest BCUT2D eigenvalue weighted by Crippen LogP contribution is 2.61. The number of Topliss-reactive ketones (excluding diaryl/α,β-unsaturated/α-hetero) is 1. The molecule has 26 nitrogen and oxygen atoms in total. The molecule has 0 bridgehead atoms. The van der Waals surface area contributed by atoms with E-state index in [1.165, 1.54) is 13.8 Å². The monoisotopic (exact) mass is 1030 g/mol. The normalized spacial score (nSPS) is 24.1. The number of aliphatic hydroxyl groups excluding tert-OH is 3. The average Bonchev–Trinajstić information content (AvgIpc) is 3.91. The van der Waals surface area contributed by atoms with E-state index in [4.69, 9.17) is 19.5 Å². The van der Waals surface area contributed by atoms with Crippen LogP contribution in [0.2, 0.25) is 0 Å². The summed E-state index contributed by atoms with van der Waals surface area (Å²) in [6.45, 7) is 2.34. The Morgan fingerprint density at radius 1 is 1.06 bits per heavy atom. The number of nitrogens with zero attached hydrogens (tertiary/aromatic N) is 4. The first-order valence-corrected chi connectivity index (χ1v) is 26.7. The SMILES string of the molecule is CC/C=C/C[C@H]1C(=O)CC[C@@H]1CCC[C@H](O)CC(=O)SCCNC(=O)CCNC(=O)[C@H](O)C(C)(C)COP(=O)(O)OP(=O)(O)OC[C@@H]1O[C@@H](n2cnc3c(N)ncnc32)[C@H](O)[C@@H]1OP(=O)(O)O. The van der Waals surface area contributed by atoms with Crippen LogP contribution in [0, 0.1) is 17.3 Å². The van der Waals surface area contributed by atoms with Crippen molar-refractivity contribution in [3.63, 3.8) is 0 Å². The van der Waals surface area contributed by atoms with Crippen molar-refractivity contribution in [3.05, 3.63) is 24.8 Å². The summed E-state index contributed by atoms with van der Waals surface area (Å²) in [6.07, 6.45) is 1.22. The molecule has 10 atom stereocenters. The number of anilines is 1. The molecule has 30 heteroatoms. The van der Waals surface area contributed by atoms with E-state index in [0.29, 0.717) is 19.3 Å². The summed E-state index contributed by atoms with van der Waals surface area (Å²) in [6, 6.07) is 0. The lowest BCUT2D eigenvalue weighted by atomic mass is 9.87. The highest BCUT2D eigenvalue weighted by atomic mass is 32.2. The van der Waals surface area contributed by atoms with E-state index in [1.54, 1.807) is 0 Å². The lowest BCUT2D eigenvalue weighted by molar-refractivity contribution is -0.137. The van der Waals surface area contributed by atoms with Gasteiger partial charge in [0.05, 0.1) is 25.6 Å². The topological polar surface area (TPSA) is 401 Å². The zero-order chi connectivity index (χ0) is 49.7. The van der Waals surface area contributed by atoms with E-state index >= 15 is 0 Å². The molecule has 2 unspecified atom stereocenters. The smallest absolute Gasteiger partial charge is 0.393 e. The minimum atomic E-state index is -5.60. The van der Waals surface area contributed by atoms with Crippen molar-refractivity contribution >= 4 is 74.9 Å². The number of nitrogens with two attached hydrogens (primary N) is 1. The zero-order valence-electron chi connectivity index (χ0n) is 37.0. The van der Waals surface area contributed by atoms with Gasteiger partial charge in [-0.2, -0.15) is 4.31 Å². The van der Waals surface area contributed by atoms with Crippen LogP contribution in [0.3, 0.4) is 0 Å². The van der Waals surface area contributed by atoms with E-state index in [0.717, 1.165) is 54.7 Å². The van der Waals surface area contributed by atoms with Crippen molar-refractivity contribution < 1.29 is 90.4 Å². The van der Waals surface area contributed by atoms with Crippen molar-refractivity contribution in [2.24, 2.45) is 17.3 Å². The van der Waals surface area contributed by atoms with Crippen LogP contribution in [-0.2, 0) is 55.5 Å². The van der Waals surface area contributed by atoms with Gasteiger partial charge in [-0.05, 0) is 38.0 Å². The van der Waals surface area contributed by atoms with Gasteiger partial charge in [0.1, 0.15) is 42.0 Å². The van der Waals surface area contributed by atoms with Crippen LogP contribution in [0.15, 0.2) is 24.8 Å². The Balaban J connectivity index is 1.13. The number of aliphatic hydroxyl groups is 3. The number of imidazole rings is 1. The van der Waals surface area contributed by atoms with Crippen molar-refractivity contribution in [1.29, 1.82) is 0 Å². The van der Waals surface area contributed by atoms with Crippen molar-refractivity contribution in [2.45, 2.75) is 115 Å². The van der Waals surface area contributed by atoms with Crippen molar-refractivity contribution in [1.82, 2.24) is 30.2 Å². The van der Waals surface area contributed by atoms with Crippen LogP contribution in [0.5, 0.6) is 0 Å². The number of nitrogens with one attached hydrogen (secondary N) is 2. The Labute approximate surface area is 389 Å². The minimum Gasteiger partial charge on any atom is -0.393 e. The van der Waals surface area contributed by atoms with Crippen LogP contribution in [0.4, 0.5) is 5.82 Å². The summed E-state index contributed by atoms with van der Waals surface area (Å²) in [5, 5.41) is 36.6. The van der Waals surface area contributed by atoms with Gasteiger partial charge in [0.15, 0.2) is 22.8 Å². The third kappa shape index (κ3) is 17.7. The molecule has 3 heterocycles. The fourth-order valence-electron chi connectivity index (χ4n) is 7.32. The predicted octanol–water partition coefficient (Wildman–Crippen LogP) is 1.54. The molecule has 1 saturated carbocycles. The van der Waals surface area contributed by atoms with Crippen LogP contribution in [-0.4, -0.2) is 140 Å². The molecule has 0 radical (unpaired) electrons. The Morgan fingerprint density at radius 3 is 2.48 bits per heavy atom. The van der Waals surface area contributed by atoms with Crippen molar-refractivity contribution in [3.8, 4) is 0 Å². The molecule has 4 rings (SSSR count). The molecule has 1 saturated heterocycles. The number of rotatable bonds is 28. The van der Waals surface area contributed by atoms with E-state index in [2.05, 4.69) is 46.6 Å². The molecule has 67 heavy (non-hydrogen) atoms. The number of nitrogen functional groups attached to an aromatic ring is 1. The Morgan fingerprint density at radius 2 is 1.78 bits per heavy atom. The standard InChI is InChI=1S/C37H60N7O19P3S/c1-4-5-6-10-24-22(11-12-25(24)46)8-7-9-23(45)17-28(48)67-16-15-39-27(47)13-14-40-35(51)32(50)37(2,3)19-60-66(57,58)63-65(55,56)59-18-26-31(62-64(52,53)54)30(49)36(61-26)44-21-43-29-33(38)41-20-42-34(29)44/h5-6,20-24,26,30-32,36,45,49-50H,4,7-19H2,1-3H3,(H,39,47)(H,40,51)(H,55,56)(H,57,58)(H2,38,41,42)(H2,52,53,54)/b6-5+/t22-,23-,24+,26-,30+,31+,32-,36+/m0/s1. The Bertz CT molecular complexity index is 2200. The van der Waals surface area contributed by atoms with Gasteiger partial charge in [0, 0.05) is 49.4 Å². The predicted molar refractivity (Wildman–Crippen MR) is 237 cm³/mol. The first-order valence-electron chi connectivity index (χ1n) is 21.2. The number of allylic oxidation sites excluding steroid dienone is 2. The molecule has 1 aliphatic carbocycles. The number of hydrogen-bond donors (Lipinski definition) is 10. The Kier molecular flexibility index (Phi) is 21.2. The highest BCUT2D eigenvalue weighted by Gasteiger charge is 2.50. The van der Waals surface area contributed by atoms with Gasteiger partial charge in [-0.1, -0.05) is 51.1 Å². The highest BCUT2D eigenvalue weighted by molar-refractivity contribution is 8.13. The minimum absolute atomic E-state index is 0.0195. The fraction of sp³-hybridized carbons (Fsp3) is 0.703. The number of thioether (sulfide) groups is 1.